The largest absolute Gasteiger partial charge is 0.381 e. The van der Waals surface area contributed by atoms with Crippen molar-refractivity contribution in [2.75, 3.05) is 31.6 Å². The maximum absolute atomic E-state index is 5.80. The third kappa shape index (κ3) is 3.70. The van der Waals surface area contributed by atoms with E-state index in [0.717, 1.165) is 36.4 Å². The van der Waals surface area contributed by atoms with Gasteiger partial charge in [-0.1, -0.05) is 12.1 Å². The second kappa shape index (κ2) is 6.55. The minimum atomic E-state index is 0.272. The third-order valence-electron chi connectivity index (χ3n) is 3.29. The Hall–Kier alpha value is -0.580. The zero-order valence-electron chi connectivity index (χ0n) is 11.0. The second-order valence-corrected chi connectivity index (χ2v) is 5.80. The predicted molar refractivity (Wildman–Crippen MR) is 79.1 cm³/mol. The van der Waals surface area contributed by atoms with Crippen LogP contribution in [-0.4, -0.2) is 43.3 Å². The molecule has 1 N–H and O–H groups in total. The lowest BCUT2D eigenvalue weighted by atomic mass is 10.2. The molecule has 0 amide bonds. The van der Waals surface area contributed by atoms with Crippen molar-refractivity contribution < 1.29 is 4.74 Å². The topological polar surface area (TPSA) is 24.5 Å². The predicted octanol–water partition coefficient (Wildman–Crippen LogP) is 2.97. The molecule has 1 unspecified atom stereocenters. The van der Waals surface area contributed by atoms with Crippen LogP contribution in [-0.2, 0) is 4.74 Å². The van der Waals surface area contributed by atoms with Gasteiger partial charge in [0.15, 0.2) is 0 Å². The quantitative estimate of drug-likeness (QED) is 0.925. The van der Waals surface area contributed by atoms with Crippen LogP contribution in [0.15, 0.2) is 28.7 Å². The molecule has 0 saturated carbocycles. The van der Waals surface area contributed by atoms with Crippen LogP contribution in [0.25, 0.3) is 0 Å². The summed E-state index contributed by atoms with van der Waals surface area (Å²) in [5.41, 5.74) is 1.13. The maximum atomic E-state index is 5.80. The molecule has 2 rings (SSSR count). The van der Waals surface area contributed by atoms with Crippen molar-refractivity contribution in [1.29, 1.82) is 0 Å². The first-order chi connectivity index (χ1) is 8.66. The summed E-state index contributed by atoms with van der Waals surface area (Å²) in [6, 6.07) is 8.78. The molecular formula is C14H21BrN2O. The lowest BCUT2D eigenvalue weighted by molar-refractivity contribution is -0.0315. The fourth-order valence-corrected chi connectivity index (χ4v) is 2.59. The number of para-hydroxylation sites is 1. The number of nitrogens with one attached hydrogen (secondary N) is 1. The molecule has 18 heavy (non-hydrogen) atoms. The number of hydrogen-bond acceptors (Lipinski definition) is 3. The van der Waals surface area contributed by atoms with Crippen molar-refractivity contribution >= 4 is 21.6 Å². The van der Waals surface area contributed by atoms with Crippen LogP contribution < -0.4 is 5.32 Å². The second-order valence-electron chi connectivity index (χ2n) is 4.94. The van der Waals surface area contributed by atoms with Gasteiger partial charge in [0.1, 0.15) is 0 Å². The highest BCUT2D eigenvalue weighted by Crippen LogP contribution is 2.21. The summed E-state index contributed by atoms with van der Waals surface area (Å²) in [5.74, 6) is 0. The molecule has 1 saturated heterocycles. The number of anilines is 1. The van der Waals surface area contributed by atoms with E-state index in [1.54, 1.807) is 0 Å². The molecule has 0 bridgehead atoms. The van der Waals surface area contributed by atoms with E-state index >= 15 is 0 Å². The van der Waals surface area contributed by atoms with E-state index < -0.39 is 0 Å². The molecular weight excluding hydrogens is 292 g/mol. The first kappa shape index (κ1) is 13.8. The zero-order chi connectivity index (χ0) is 13.0. The van der Waals surface area contributed by atoms with Crippen LogP contribution in [0, 0.1) is 0 Å². The molecule has 1 fully saturated rings. The van der Waals surface area contributed by atoms with E-state index in [9.17, 15) is 0 Å². The van der Waals surface area contributed by atoms with Crippen molar-refractivity contribution in [2.24, 2.45) is 0 Å². The number of halogens is 1. The van der Waals surface area contributed by atoms with E-state index in [0.29, 0.717) is 6.04 Å². The highest BCUT2D eigenvalue weighted by Gasteiger charge is 2.21. The Bertz CT molecular complexity index is 384. The van der Waals surface area contributed by atoms with Gasteiger partial charge in [0, 0.05) is 35.8 Å². The minimum absolute atomic E-state index is 0.272. The van der Waals surface area contributed by atoms with Crippen molar-refractivity contribution in [3.8, 4) is 0 Å². The van der Waals surface area contributed by atoms with Gasteiger partial charge < -0.3 is 10.1 Å². The zero-order valence-corrected chi connectivity index (χ0v) is 12.6. The molecule has 1 heterocycles. The van der Waals surface area contributed by atoms with Crippen LogP contribution in [0.3, 0.4) is 0 Å². The summed E-state index contributed by atoms with van der Waals surface area (Å²) < 4.78 is 6.90. The molecule has 100 valence electrons. The summed E-state index contributed by atoms with van der Waals surface area (Å²) in [7, 11) is 0. The molecule has 1 atom stereocenters. The van der Waals surface area contributed by atoms with E-state index in [1.165, 1.54) is 0 Å². The molecule has 1 aliphatic rings. The van der Waals surface area contributed by atoms with Gasteiger partial charge in [-0.15, -0.1) is 0 Å². The molecule has 1 aromatic rings. The van der Waals surface area contributed by atoms with Gasteiger partial charge in [-0.2, -0.15) is 0 Å². The van der Waals surface area contributed by atoms with Crippen molar-refractivity contribution in [2.45, 2.75) is 26.0 Å². The fourth-order valence-electron chi connectivity index (χ4n) is 2.16. The maximum Gasteiger partial charge on any atom is 0.0874 e. The van der Waals surface area contributed by atoms with Gasteiger partial charge in [-0.3, -0.25) is 4.90 Å². The first-order valence-electron chi connectivity index (χ1n) is 6.51. The Morgan fingerprint density at radius 3 is 2.94 bits per heavy atom. The third-order valence-corrected chi connectivity index (χ3v) is 3.99. The molecule has 1 aliphatic heterocycles. The van der Waals surface area contributed by atoms with Crippen molar-refractivity contribution in [1.82, 2.24) is 4.90 Å². The number of nitrogens with zero attached hydrogens (tertiary/aromatic N) is 1. The van der Waals surface area contributed by atoms with Crippen LogP contribution in [0.1, 0.15) is 13.8 Å². The number of ether oxygens (including phenoxy) is 1. The Morgan fingerprint density at radius 2 is 2.22 bits per heavy atom. The Labute approximate surface area is 118 Å². The molecule has 0 radical (unpaired) electrons. The van der Waals surface area contributed by atoms with Gasteiger partial charge in [0.2, 0.25) is 0 Å². The Balaban J connectivity index is 1.85. The summed E-state index contributed by atoms with van der Waals surface area (Å²) in [6.07, 6.45) is 0.272. The first-order valence-corrected chi connectivity index (χ1v) is 7.30. The number of rotatable bonds is 4. The monoisotopic (exact) mass is 312 g/mol. The summed E-state index contributed by atoms with van der Waals surface area (Å²) in [5, 5.41) is 3.44. The standard InChI is InChI=1S/C14H21BrN2O/c1-11(2)17-7-8-18-12(10-17)9-16-14-6-4-3-5-13(14)15/h3-6,11-12,16H,7-10H2,1-2H3. The van der Waals surface area contributed by atoms with Crippen LogP contribution >= 0.6 is 15.9 Å². The highest BCUT2D eigenvalue weighted by atomic mass is 79.9. The van der Waals surface area contributed by atoms with Crippen LogP contribution in [0.4, 0.5) is 5.69 Å². The average molecular weight is 313 g/mol. The van der Waals surface area contributed by atoms with E-state index in [1.807, 2.05) is 18.2 Å². The average Bonchev–Trinajstić information content (AvgIpc) is 2.38. The number of morpholine rings is 1. The lowest BCUT2D eigenvalue weighted by Crippen LogP contribution is -2.48. The number of hydrogen-bond donors (Lipinski definition) is 1. The van der Waals surface area contributed by atoms with Crippen LogP contribution in [0.5, 0.6) is 0 Å². The fraction of sp³-hybridized carbons (Fsp3) is 0.571. The molecule has 3 nitrogen and oxygen atoms in total. The van der Waals surface area contributed by atoms with E-state index in [-0.39, 0.29) is 6.10 Å². The molecule has 4 heteroatoms. The van der Waals surface area contributed by atoms with Gasteiger partial charge in [-0.05, 0) is 41.9 Å². The summed E-state index contributed by atoms with van der Waals surface area (Å²) in [4.78, 5) is 2.47. The molecule has 1 aromatic carbocycles. The lowest BCUT2D eigenvalue weighted by Gasteiger charge is -2.35. The van der Waals surface area contributed by atoms with E-state index in [4.69, 9.17) is 4.74 Å². The van der Waals surface area contributed by atoms with Gasteiger partial charge >= 0.3 is 0 Å². The Morgan fingerprint density at radius 1 is 1.44 bits per heavy atom. The molecule has 0 aliphatic carbocycles. The van der Waals surface area contributed by atoms with E-state index in [2.05, 4.69) is 46.1 Å². The highest BCUT2D eigenvalue weighted by molar-refractivity contribution is 9.10. The normalized spacial score (nSPS) is 21.2. The van der Waals surface area contributed by atoms with Crippen molar-refractivity contribution in [3.05, 3.63) is 28.7 Å². The van der Waals surface area contributed by atoms with Crippen LogP contribution in [0.2, 0.25) is 0 Å². The molecule has 0 spiro atoms. The minimum Gasteiger partial charge on any atom is -0.381 e. The smallest absolute Gasteiger partial charge is 0.0874 e. The van der Waals surface area contributed by atoms with Gasteiger partial charge in [-0.25, -0.2) is 0 Å². The summed E-state index contributed by atoms with van der Waals surface area (Å²) in [6.45, 7) is 8.22. The van der Waals surface area contributed by atoms with Gasteiger partial charge in [0.25, 0.3) is 0 Å². The molecule has 0 aromatic heterocycles. The summed E-state index contributed by atoms with van der Waals surface area (Å²) >= 11 is 3.54. The SMILES string of the molecule is CC(C)N1CCOC(CNc2ccccc2Br)C1. The Kier molecular flexibility index (Phi) is 5.03. The van der Waals surface area contributed by atoms with Crippen molar-refractivity contribution in [3.63, 3.8) is 0 Å². The van der Waals surface area contributed by atoms with Gasteiger partial charge in [0.05, 0.1) is 12.7 Å². The number of benzene rings is 1.